The van der Waals surface area contributed by atoms with E-state index in [-0.39, 0.29) is 18.3 Å². The Morgan fingerprint density at radius 2 is 1.93 bits per heavy atom. The third-order valence-electron chi connectivity index (χ3n) is 4.05. The second kappa shape index (κ2) is 10.1. The van der Waals surface area contributed by atoms with Crippen LogP contribution >= 0.6 is 24.2 Å². The predicted octanol–water partition coefficient (Wildman–Crippen LogP) is 5.15. The Bertz CT molecular complexity index is 949. The summed E-state index contributed by atoms with van der Waals surface area (Å²) >= 11 is 1.50. The molecule has 2 aromatic heterocycles. The molecule has 0 saturated heterocycles. The molecule has 28 heavy (non-hydrogen) atoms. The van der Waals surface area contributed by atoms with Gasteiger partial charge in [0.1, 0.15) is 10.8 Å². The molecule has 3 rings (SSSR count). The molecule has 0 bridgehead atoms. The molecule has 3 aromatic rings. The third-order valence-corrected chi connectivity index (χ3v) is 5.12. The zero-order chi connectivity index (χ0) is 19.2. The topological polar surface area (TPSA) is 80.9 Å². The molecule has 146 valence electrons. The van der Waals surface area contributed by atoms with Crippen LogP contribution in [0.25, 0.3) is 0 Å². The van der Waals surface area contributed by atoms with Crippen molar-refractivity contribution in [3.05, 3.63) is 77.6 Å². The van der Waals surface area contributed by atoms with Crippen LogP contribution in [0.4, 0.5) is 11.5 Å². The highest BCUT2D eigenvalue weighted by Gasteiger charge is 2.14. The van der Waals surface area contributed by atoms with Gasteiger partial charge in [0.25, 0.3) is 5.91 Å². The average Bonchev–Trinajstić information content (AvgIpc) is 2.67. The van der Waals surface area contributed by atoms with Crippen LogP contribution in [-0.4, -0.2) is 15.9 Å². The summed E-state index contributed by atoms with van der Waals surface area (Å²) < 4.78 is 0. The second-order valence-electron chi connectivity index (χ2n) is 6.47. The van der Waals surface area contributed by atoms with Gasteiger partial charge in [-0.05, 0) is 53.4 Å². The maximum atomic E-state index is 12.8. The molecule has 2 heterocycles. The van der Waals surface area contributed by atoms with Gasteiger partial charge in [0.05, 0.1) is 5.56 Å². The fourth-order valence-electron chi connectivity index (χ4n) is 2.59. The maximum Gasteiger partial charge on any atom is 0.258 e. The van der Waals surface area contributed by atoms with Crippen LogP contribution in [0.5, 0.6) is 0 Å². The van der Waals surface area contributed by atoms with Crippen molar-refractivity contribution in [2.75, 3.05) is 11.1 Å². The van der Waals surface area contributed by atoms with E-state index < -0.39 is 0 Å². The summed E-state index contributed by atoms with van der Waals surface area (Å²) in [6.45, 7) is 4.26. The molecule has 1 amide bonds. The van der Waals surface area contributed by atoms with E-state index in [4.69, 9.17) is 5.73 Å². The molecule has 0 aliphatic heterocycles. The van der Waals surface area contributed by atoms with Gasteiger partial charge in [-0.25, -0.2) is 9.97 Å². The van der Waals surface area contributed by atoms with Crippen molar-refractivity contribution in [1.82, 2.24) is 9.97 Å². The number of nitrogens with two attached hydrogens (primary N) is 1. The zero-order valence-corrected chi connectivity index (χ0v) is 17.4. The molecule has 0 radical (unpaired) electrons. The molecule has 0 aliphatic rings. The van der Waals surface area contributed by atoms with Gasteiger partial charge in [-0.1, -0.05) is 26.0 Å². The van der Waals surface area contributed by atoms with E-state index in [9.17, 15) is 4.79 Å². The summed E-state index contributed by atoms with van der Waals surface area (Å²) in [5.74, 6) is 1.38. The van der Waals surface area contributed by atoms with E-state index in [1.54, 1.807) is 24.5 Å². The van der Waals surface area contributed by atoms with Crippen LogP contribution in [0.2, 0.25) is 0 Å². The molecule has 3 N–H and O–H groups in total. The van der Waals surface area contributed by atoms with E-state index in [1.807, 2.05) is 30.3 Å². The van der Waals surface area contributed by atoms with Crippen molar-refractivity contribution in [3.63, 3.8) is 0 Å². The highest BCUT2D eigenvalue weighted by Crippen LogP contribution is 2.26. The van der Waals surface area contributed by atoms with Gasteiger partial charge in [0, 0.05) is 23.8 Å². The number of hydrogen-bond donors (Lipinski definition) is 2. The van der Waals surface area contributed by atoms with Crippen molar-refractivity contribution in [2.24, 2.45) is 0 Å². The fourth-order valence-corrected chi connectivity index (χ4v) is 3.52. The summed E-state index contributed by atoms with van der Waals surface area (Å²) in [6, 6.07) is 15.2. The summed E-state index contributed by atoms with van der Waals surface area (Å²) in [5.41, 5.74) is 9.29. The first-order chi connectivity index (χ1) is 13.0. The van der Waals surface area contributed by atoms with Gasteiger partial charge in [-0.3, -0.25) is 4.79 Å². The summed E-state index contributed by atoms with van der Waals surface area (Å²) in [5, 5.41) is 3.66. The molecule has 0 fully saturated rings. The van der Waals surface area contributed by atoms with Crippen molar-refractivity contribution >= 4 is 41.6 Å². The monoisotopic (exact) mass is 414 g/mol. The number of carbonyl (C=O) groups is 1. The van der Waals surface area contributed by atoms with Crippen LogP contribution in [0.3, 0.4) is 0 Å². The number of rotatable bonds is 6. The van der Waals surface area contributed by atoms with Crippen LogP contribution < -0.4 is 11.1 Å². The average molecular weight is 415 g/mol. The van der Waals surface area contributed by atoms with Crippen LogP contribution in [0, 0.1) is 0 Å². The number of aromatic nitrogens is 2. The first-order valence-corrected chi connectivity index (χ1v) is 9.71. The second-order valence-corrected chi connectivity index (χ2v) is 7.43. The van der Waals surface area contributed by atoms with Gasteiger partial charge in [0.2, 0.25) is 0 Å². The van der Waals surface area contributed by atoms with E-state index in [1.165, 1.54) is 17.3 Å². The molecule has 0 atom stereocenters. The number of nitrogens with zero attached hydrogens (tertiary/aromatic N) is 2. The lowest BCUT2D eigenvalue weighted by Gasteiger charge is -2.11. The Morgan fingerprint density at radius 1 is 1.11 bits per heavy atom. The van der Waals surface area contributed by atoms with E-state index >= 15 is 0 Å². The highest BCUT2D eigenvalue weighted by molar-refractivity contribution is 7.98. The smallest absolute Gasteiger partial charge is 0.258 e. The fraction of sp³-hybridized carbons (Fsp3) is 0.190. The minimum absolute atomic E-state index is 0. The number of halogens is 1. The lowest BCUT2D eigenvalue weighted by molar-refractivity contribution is 0.102. The molecule has 0 saturated carbocycles. The van der Waals surface area contributed by atoms with Gasteiger partial charge in [-0.15, -0.1) is 24.2 Å². The Morgan fingerprint density at radius 3 is 2.68 bits per heavy atom. The third kappa shape index (κ3) is 5.71. The molecule has 0 unspecified atom stereocenters. The van der Waals surface area contributed by atoms with Crippen molar-refractivity contribution in [1.29, 1.82) is 0 Å². The van der Waals surface area contributed by atoms with Gasteiger partial charge < -0.3 is 11.1 Å². The zero-order valence-electron chi connectivity index (χ0n) is 15.8. The largest absolute Gasteiger partial charge is 0.384 e. The van der Waals surface area contributed by atoms with E-state index in [0.717, 1.165) is 11.3 Å². The highest BCUT2D eigenvalue weighted by atomic mass is 35.5. The molecule has 0 aliphatic carbocycles. The van der Waals surface area contributed by atoms with Crippen molar-refractivity contribution in [2.45, 2.75) is 30.5 Å². The number of nitrogens with one attached hydrogen (secondary N) is 1. The number of carbonyl (C=O) groups excluding carboxylic acids is 1. The lowest BCUT2D eigenvalue weighted by Crippen LogP contribution is -2.13. The molecule has 0 spiro atoms. The Balaban J connectivity index is 0.00000280. The normalized spacial score (nSPS) is 10.4. The maximum absolute atomic E-state index is 12.8. The number of benzene rings is 1. The van der Waals surface area contributed by atoms with Gasteiger partial charge >= 0.3 is 0 Å². The van der Waals surface area contributed by atoms with Crippen molar-refractivity contribution < 1.29 is 4.79 Å². The first kappa shape index (κ1) is 21.7. The van der Waals surface area contributed by atoms with Gasteiger partial charge in [0.15, 0.2) is 0 Å². The minimum atomic E-state index is -0.166. The molecular formula is C21H23ClN4OS. The number of anilines is 2. The summed E-state index contributed by atoms with van der Waals surface area (Å²) in [7, 11) is 0. The van der Waals surface area contributed by atoms with Crippen LogP contribution in [0.1, 0.15) is 41.3 Å². The van der Waals surface area contributed by atoms with Crippen LogP contribution in [0.15, 0.2) is 66.0 Å². The first-order valence-electron chi connectivity index (χ1n) is 8.72. The molecule has 1 aromatic carbocycles. The number of nitrogen functional groups attached to an aromatic ring is 1. The van der Waals surface area contributed by atoms with E-state index in [2.05, 4.69) is 35.2 Å². The summed E-state index contributed by atoms with van der Waals surface area (Å²) in [4.78, 5) is 21.2. The Hall–Kier alpha value is -2.57. The Labute approximate surface area is 175 Å². The predicted molar refractivity (Wildman–Crippen MR) is 118 cm³/mol. The standard InChI is InChI=1S/C21H22N4OS.ClH/c1-14(2)16-5-3-6-17(12-16)25-20(26)18-7-4-9-24-21(18)27-13-15-8-10-23-19(22)11-15;/h3-12,14H,13H2,1-2H3,(H2,22,23)(H,25,26);1H. The molecule has 7 heteroatoms. The van der Waals surface area contributed by atoms with Gasteiger partial charge in [-0.2, -0.15) is 0 Å². The number of pyridine rings is 2. The molecular weight excluding hydrogens is 392 g/mol. The van der Waals surface area contributed by atoms with Crippen LogP contribution in [-0.2, 0) is 5.75 Å². The molecule has 5 nitrogen and oxygen atoms in total. The Kier molecular flexibility index (Phi) is 7.84. The van der Waals surface area contributed by atoms with E-state index in [0.29, 0.717) is 28.1 Å². The number of thioether (sulfide) groups is 1. The lowest BCUT2D eigenvalue weighted by atomic mass is 10.0. The number of amides is 1. The quantitative estimate of drug-likeness (QED) is 0.545. The number of hydrogen-bond acceptors (Lipinski definition) is 5. The SMILES string of the molecule is CC(C)c1cccc(NC(=O)c2cccnc2SCc2ccnc(N)c2)c1.Cl. The van der Waals surface area contributed by atoms with Crippen molar-refractivity contribution in [3.8, 4) is 0 Å². The minimum Gasteiger partial charge on any atom is -0.384 e. The summed E-state index contributed by atoms with van der Waals surface area (Å²) in [6.07, 6.45) is 3.37.